The van der Waals surface area contributed by atoms with Crippen LogP contribution in [0.2, 0.25) is 0 Å². The molecule has 1 aliphatic heterocycles. The van der Waals surface area contributed by atoms with Crippen LogP contribution >= 0.6 is 35.0 Å². The van der Waals surface area contributed by atoms with Crippen molar-refractivity contribution in [2.45, 2.75) is 18.9 Å². The highest BCUT2D eigenvalue weighted by molar-refractivity contribution is 14.1. The summed E-state index contributed by atoms with van der Waals surface area (Å²) >= 11 is 2.19. The van der Waals surface area contributed by atoms with Crippen molar-refractivity contribution in [1.82, 2.24) is 10.6 Å². The normalized spacial score (nSPS) is 19.2. The van der Waals surface area contributed by atoms with Crippen LogP contribution in [-0.4, -0.2) is 25.0 Å². The Hall–Kier alpha value is -0.330. The van der Waals surface area contributed by atoms with Crippen molar-refractivity contribution in [1.29, 1.82) is 0 Å². The minimum Gasteiger partial charge on any atom is -0.348 e. The molecule has 0 unspecified atom stereocenters. The van der Waals surface area contributed by atoms with Gasteiger partial charge in [-0.15, -0.1) is 12.4 Å². The number of carbonyl (C=O) groups is 1. The highest BCUT2D eigenvalue weighted by Crippen LogP contribution is 2.12. The third-order valence-electron chi connectivity index (χ3n) is 2.75. The Morgan fingerprint density at radius 3 is 2.82 bits per heavy atom. The Balaban J connectivity index is 0.00000144. The van der Waals surface area contributed by atoms with Gasteiger partial charge in [0.2, 0.25) is 0 Å². The second kappa shape index (κ2) is 7.18. The van der Waals surface area contributed by atoms with Gasteiger partial charge >= 0.3 is 0 Å². The molecule has 0 saturated carbocycles. The van der Waals surface area contributed by atoms with E-state index in [9.17, 15) is 4.79 Å². The fourth-order valence-electron chi connectivity index (χ4n) is 1.88. The van der Waals surface area contributed by atoms with Crippen LogP contribution in [0.5, 0.6) is 0 Å². The number of hydrogen-bond donors (Lipinski definition) is 2. The molecule has 17 heavy (non-hydrogen) atoms. The average molecular weight is 367 g/mol. The molecule has 0 spiro atoms. The van der Waals surface area contributed by atoms with Crippen molar-refractivity contribution >= 4 is 40.9 Å². The summed E-state index contributed by atoms with van der Waals surface area (Å²) in [6.45, 7) is 1.95. The first-order valence-corrected chi connectivity index (χ1v) is 6.61. The number of hydrogen-bond acceptors (Lipinski definition) is 2. The monoisotopic (exact) mass is 366 g/mol. The molecule has 1 aliphatic rings. The summed E-state index contributed by atoms with van der Waals surface area (Å²) in [4.78, 5) is 12.0. The number of halogens is 2. The van der Waals surface area contributed by atoms with Gasteiger partial charge in [0, 0.05) is 16.2 Å². The highest BCUT2D eigenvalue weighted by Gasteiger charge is 2.17. The largest absolute Gasteiger partial charge is 0.348 e. The smallest absolute Gasteiger partial charge is 0.252 e. The SMILES string of the molecule is Cl.O=C(N[C@@H]1CCCNC1)c1ccccc1I. The zero-order chi connectivity index (χ0) is 11.4. The number of carbonyl (C=O) groups excluding carboxylic acids is 1. The Bertz CT molecular complexity index is 381. The molecule has 1 aromatic carbocycles. The lowest BCUT2D eigenvalue weighted by Crippen LogP contribution is -2.45. The molecule has 0 radical (unpaired) electrons. The molecule has 2 rings (SSSR count). The topological polar surface area (TPSA) is 41.1 Å². The molecular formula is C12H16ClIN2O. The molecule has 0 aliphatic carbocycles. The van der Waals surface area contributed by atoms with Crippen molar-refractivity contribution in [3.63, 3.8) is 0 Å². The quantitative estimate of drug-likeness (QED) is 0.788. The van der Waals surface area contributed by atoms with Crippen molar-refractivity contribution < 1.29 is 4.79 Å². The first-order valence-electron chi connectivity index (χ1n) is 5.53. The van der Waals surface area contributed by atoms with Crippen LogP contribution in [0, 0.1) is 3.57 Å². The van der Waals surface area contributed by atoms with Gasteiger partial charge in [-0.25, -0.2) is 0 Å². The number of amides is 1. The summed E-state index contributed by atoms with van der Waals surface area (Å²) in [6.07, 6.45) is 2.21. The molecule has 5 heteroatoms. The molecule has 0 aromatic heterocycles. The Labute approximate surface area is 121 Å². The van der Waals surface area contributed by atoms with Crippen molar-refractivity contribution in [2.75, 3.05) is 13.1 Å². The first-order chi connectivity index (χ1) is 7.77. The average Bonchev–Trinajstić information content (AvgIpc) is 2.31. The fourth-order valence-corrected chi connectivity index (χ4v) is 2.52. The summed E-state index contributed by atoms with van der Waals surface area (Å²) in [5.41, 5.74) is 0.772. The van der Waals surface area contributed by atoms with E-state index in [-0.39, 0.29) is 24.4 Å². The van der Waals surface area contributed by atoms with E-state index >= 15 is 0 Å². The second-order valence-electron chi connectivity index (χ2n) is 4.00. The van der Waals surface area contributed by atoms with E-state index in [1.807, 2.05) is 24.3 Å². The third kappa shape index (κ3) is 4.12. The van der Waals surface area contributed by atoms with Gasteiger partial charge in [0.25, 0.3) is 5.91 Å². The lowest BCUT2D eigenvalue weighted by atomic mass is 10.1. The van der Waals surface area contributed by atoms with Gasteiger partial charge in [0.1, 0.15) is 0 Å². The van der Waals surface area contributed by atoms with Crippen LogP contribution in [0.3, 0.4) is 0 Å². The minimum absolute atomic E-state index is 0. The molecule has 0 bridgehead atoms. The van der Waals surface area contributed by atoms with Crippen molar-refractivity contribution in [2.24, 2.45) is 0 Å². The molecule has 1 amide bonds. The molecule has 2 N–H and O–H groups in total. The maximum atomic E-state index is 12.0. The van der Waals surface area contributed by atoms with E-state index in [1.165, 1.54) is 0 Å². The fraction of sp³-hybridized carbons (Fsp3) is 0.417. The predicted molar refractivity (Wildman–Crippen MR) is 79.8 cm³/mol. The number of nitrogens with one attached hydrogen (secondary N) is 2. The summed E-state index contributed by atoms with van der Waals surface area (Å²) < 4.78 is 1.00. The van der Waals surface area contributed by atoms with Gasteiger partial charge in [0.15, 0.2) is 0 Å². The molecule has 3 nitrogen and oxygen atoms in total. The van der Waals surface area contributed by atoms with Crippen LogP contribution in [0.1, 0.15) is 23.2 Å². The number of benzene rings is 1. The van der Waals surface area contributed by atoms with E-state index in [1.54, 1.807) is 0 Å². The molecule has 1 aromatic rings. The van der Waals surface area contributed by atoms with Gasteiger partial charge in [0.05, 0.1) is 5.56 Å². The lowest BCUT2D eigenvalue weighted by Gasteiger charge is -2.23. The first kappa shape index (κ1) is 14.7. The molecule has 94 valence electrons. The summed E-state index contributed by atoms with van der Waals surface area (Å²) in [5, 5.41) is 6.36. The van der Waals surface area contributed by atoms with Crippen LogP contribution in [0.15, 0.2) is 24.3 Å². The Kier molecular flexibility index (Phi) is 6.22. The molecule has 1 heterocycles. The summed E-state index contributed by atoms with van der Waals surface area (Å²) in [7, 11) is 0. The zero-order valence-electron chi connectivity index (χ0n) is 9.41. The van der Waals surface area contributed by atoms with Gasteiger partial charge < -0.3 is 10.6 Å². The Morgan fingerprint density at radius 2 is 2.18 bits per heavy atom. The van der Waals surface area contributed by atoms with Crippen LogP contribution < -0.4 is 10.6 Å². The molecular weight excluding hydrogens is 351 g/mol. The van der Waals surface area contributed by atoms with E-state index in [0.717, 1.165) is 35.1 Å². The summed E-state index contributed by atoms with van der Waals surface area (Å²) in [6, 6.07) is 7.94. The maximum Gasteiger partial charge on any atom is 0.252 e. The maximum absolute atomic E-state index is 12.0. The van der Waals surface area contributed by atoms with Crippen LogP contribution in [0.25, 0.3) is 0 Å². The number of rotatable bonds is 2. The Morgan fingerprint density at radius 1 is 1.41 bits per heavy atom. The van der Waals surface area contributed by atoms with Gasteiger partial charge in [-0.2, -0.15) is 0 Å². The van der Waals surface area contributed by atoms with Crippen LogP contribution in [0.4, 0.5) is 0 Å². The predicted octanol–water partition coefficient (Wildman–Crippen LogP) is 2.19. The van der Waals surface area contributed by atoms with Gasteiger partial charge in [-0.1, -0.05) is 12.1 Å². The molecule has 1 saturated heterocycles. The minimum atomic E-state index is 0. The zero-order valence-corrected chi connectivity index (χ0v) is 12.4. The second-order valence-corrected chi connectivity index (χ2v) is 5.16. The van der Waals surface area contributed by atoms with E-state index in [2.05, 4.69) is 33.2 Å². The van der Waals surface area contributed by atoms with Crippen molar-refractivity contribution in [3.05, 3.63) is 33.4 Å². The summed E-state index contributed by atoms with van der Waals surface area (Å²) in [5.74, 6) is 0.0405. The molecule has 1 fully saturated rings. The van der Waals surface area contributed by atoms with E-state index in [4.69, 9.17) is 0 Å². The van der Waals surface area contributed by atoms with Gasteiger partial charge in [-0.3, -0.25) is 4.79 Å². The van der Waals surface area contributed by atoms with Crippen molar-refractivity contribution in [3.8, 4) is 0 Å². The standard InChI is InChI=1S/C12H15IN2O.ClH/c13-11-6-2-1-5-10(11)12(16)15-9-4-3-7-14-8-9;/h1-2,5-6,9,14H,3-4,7-8H2,(H,15,16);1H/t9-;/m1./s1. The third-order valence-corrected chi connectivity index (χ3v) is 3.69. The van der Waals surface area contributed by atoms with E-state index in [0.29, 0.717) is 0 Å². The van der Waals surface area contributed by atoms with Gasteiger partial charge in [-0.05, 0) is 54.1 Å². The van der Waals surface area contributed by atoms with Crippen LogP contribution in [-0.2, 0) is 0 Å². The van der Waals surface area contributed by atoms with E-state index < -0.39 is 0 Å². The molecule has 1 atom stereocenters. The highest BCUT2D eigenvalue weighted by atomic mass is 127. The lowest BCUT2D eigenvalue weighted by molar-refractivity contribution is 0.0930. The number of piperidine rings is 1.